The van der Waals surface area contributed by atoms with Crippen molar-refractivity contribution in [1.29, 1.82) is 0 Å². The zero-order chi connectivity index (χ0) is 20.8. The van der Waals surface area contributed by atoms with Crippen molar-refractivity contribution in [3.8, 4) is 11.5 Å². The van der Waals surface area contributed by atoms with Gasteiger partial charge in [-0.2, -0.15) is 0 Å². The summed E-state index contributed by atoms with van der Waals surface area (Å²) in [5, 5.41) is 2.46. The molecule has 3 aromatic rings. The van der Waals surface area contributed by atoms with Crippen LogP contribution in [-0.4, -0.2) is 68.9 Å². The molecule has 0 bridgehead atoms. The fraction of sp³-hybridized carbons (Fsp3) is 0.500. The highest BCUT2D eigenvalue weighted by Gasteiger charge is 2.12. The third-order valence-corrected chi connectivity index (χ3v) is 5.16. The van der Waals surface area contributed by atoms with Crippen LogP contribution >= 0.6 is 12.4 Å². The van der Waals surface area contributed by atoms with Crippen LogP contribution < -0.4 is 9.47 Å². The third kappa shape index (κ3) is 6.03. The van der Waals surface area contributed by atoms with E-state index in [1.807, 2.05) is 0 Å². The average Bonchev–Trinajstić information content (AvgIpc) is 3.00. The van der Waals surface area contributed by atoms with Crippen LogP contribution in [0.2, 0.25) is 0 Å². The molecule has 0 fully saturated rings. The van der Waals surface area contributed by atoms with Crippen LogP contribution in [0.4, 0.5) is 0 Å². The molecule has 5 nitrogen and oxygen atoms in total. The van der Waals surface area contributed by atoms with Crippen molar-refractivity contribution in [3.05, 3.63) is 36.4 Å². The van der Waals surface area contributed by atoms with E-state index in [0.29, 0.717) is 0 Å². The summed E-state index contributed by atoms with van der Waals surface area (Å²) < 4.78 is 14.4. The van der Waals surface area contributed by atoms with E-state index in [4.69, 9.17) is 9.47 Å². The molecule has 6 heteroatoms. The monoisotopic (exact) mass is 433 g/mol. The Balaban J connectivity index is 0.00000320. The minimum Gasteiger partial charge on any atom is -0.494 e. The Morgan fingerprint density at radius 2 is 1.17 bits per heavy atom. The SMILES string of the molecule is CCn1c2ccc(OCCCN(C)C)cc2c2cc(OCCCN(C)C)ccc21.Cl. The van der Waals surface area contributed by atoms with Gasteiger partial charge in [-0.1, -0.05) is 0 Å². The van der Waals surface area contributed by atoms with Crippen LogP contribution in [0.25, 0.3) is 21.8 Å². The summed E-state index contributed by atoms with van der Waals surface area (Å²) in [5.41, 5.74) is 2.49. The standard InChI is InChI=1S/C24H35N3O2.ClH/c1-6-27-23-11-9-19(28-15-7-13-25(2)3)17-21(23)22-18-20(10-12-24(22)27)29-16-8-14-26(4)5;/h9-12,17-18H,6-8,13-16H2,1-5H3;1H. The predicted molar refractivity (Wildman–Crippen MR) is 130 cm³/mol. The van der Waals surface area contributed by atoms with Crippen LogP contribution in [0.5, 0.6) is 11.5 Å². The van der Waals surface area contributed by atoms with Crippen molar-refractivity contribution in [2.45, 2.75) is 26.3 Å². The van der Waals surface area contributed by atoms with E-state index in [9.17, 15) is 0 Å². The molecule has 0 unspecified atom stereocenters. The molecule has 30 heavy (non-hydrogen) atoms. The Hall–Kier alpha value is -1.95. The number of aromatic nitrogens is 1. The zero-order valence-electron chi connectivity index (χ0n) is 19.0. The van der Waals surface area contributed by atoms with Crippen molar-refractivity contribution in [2.24, 2.45) is 0 Å². The molecule has 3 rings (SSSR count). The second kappa shape index (κ2) is 11.4. The van der Waals surface area contributed by atoms with Gasteiger partial charge in [0.05, 0.1) is 13.2 Å². The minimum atomic E-state index is 0. The molecule has 0 aliphatic heterocycles. The largest absolute Gasteiger partial charge is 0.494 e. The molecule has 0 aliphatic carbocycles. The van der Waals surface area contributed by atoms with Gasteiger partial charge >= 0.3 is 0 Å². The first-order chi connectivity index (χ1) is 14.0. The Kier molecular flexibility index (Phi) is 9.28. The molecule has 1 aromatic heterocycles. The Morgan fingerprint density at radius 1 is 0.733 bits per heavy atom. The van der Waals surface area contributed by atoms with Gasteiger partial charge in [0.15, 0.2) is 0 Å². The van der Waals surface area contributed by atoms with E-state index in [0.717, 1.165) is 57.2 Å². The summed E-state index contributed by atoms with van der Waals surface area (Å²) in [5.74, 6) is 1.87. The Morgan fingerprint density at radius 3 is 1.53 bits per heavy atom. The number of fused-ring (bicyclic) bond motifs is 3. The summed E-state index contributed by atoms with van der Waals surface area (Å²) in [6, 6.07) is 12.9. The lowest BCUT2D eigenvalue weighted by Crippen LogP contribution is -2.15. The van der Waals surface area contributed by atoms with Gasteiger partial charge in [0, 0.05) is 41.4 Å². The van der Waals surface area contributed by atoms with Crippen LogP contribution in [0.1, 0.15) is 19.8 Å². The molecule has 2 aromatic carbocycles. The van der Waals surface area contributed by atoms with E-state index in [2.05, 4.69) is 85.9 Å². The summed E-state index contributed by atoms with van der Waals surface area (Å²) in [6.07, 6.45) is 2.04. The van der Waals surface area contributed by atoms with E-state index in [1.165, 1.54) is 21.8 Å². The predicted octanol–water partition coefficient (Wildman–Crippen LogP) is 4.90. The number of halogens is 1. The lowest BCUT2D eigenvalue weighted by molar-refractivity contribution is 0.281. The van der Waals surface area contributed by atoms with E-state index >= 15 is 0 Å². The average molecular weight is 434 g/mol. The third-order valence-electron chi connectivity index (χ3n) is 5.16. The lowest BCUT2D eigenvalue weighted by Gasteiger charge is -2.11. The van der Waals surface area contributed by atoms with E-state index < -0.39 is 0 Å². The summed E-state index contributed by atoms with van der Waals surface area (Å²) in [7, 11) is 8.36. The summed E-state index contributed by atoms with van der Waals surface area (Å²) in [4.78, 5) is 4.36. The quantitative estimate of drug-likeness (QED) is 0.402. The van der Waals surface area contributed by atoms with Crippen LogP contribution in [0.15, 0.2) is 36.4 Å². The summed E-state index contributed by atoms with van der Waals surface area (Å²) >= 11 is 0. The smallest absolute Gasteiger partial charge is 0.120 e. The van der Waals surface area contributed by atoms with Gasteiger partial charge in [-0.05, 0) is 84.4 Å². The number of hydrogen-bond acceptors (Lipinski definition) is 4. The zero-order valence-corrected chi connectivity index (χ0v) is 19.8. The molecule has 1 heterocycles. The van der Waals surface area contributed by atoms with Crippen LogP contribution in [0, 0.1) is 0 Å². The molecular weight excluding hydrogens is 398 g/mol. The lowest BCUT2D eigenvalue weighted by atomic mass is 10.1. The fourth-order valence-electron chi connectivity index (χ4n) is 3.72. The molecule has 0 spiro atoms. The van der Waals surface area contributed by atoms with E-state index in [1.54, 1.807) is 0 Å². The van der Waals surface area contributed by atoms with E-state index in [-0.39, 0.29) is 12.4 Å². The number of hydrogen-bond donors (Lipinski definition) is 0. The molecule has 0 N–H and O–H groups in total. The number of benzene rings is 2. The maximum atomic E-state index is 6.02. The number of nitrogens with zero attached hydrogens (tertiary/aromatic N) is 3. The molecule has 0 atom stereocenters. The molecular formula is C24H36ClN3O2. The first-order valence-electron chi connectivity index (χ1n) is 10.6. The van der Waals surface area contributed by atoms with Crippen molar-refractivity contribution in [1.82, 2.24) is 14.4 Å². The van der Waals surface area contributed by atoms with Crippen LogP contribution in [-0.2, 0) is 6.54 Å². The second-order valence-corrected chi connectivity index (χ2v) is 8.11. The van der Waals surface area contributed by atoms with Crippen molar-refractivity contribution >= 4 is 34.2 Å². The van der Waals surface area contributed by atoms with Gasteiger partial charge in [-0.15, -0.1) is 12.4 Å². The topological polar surface area (TPSA) is 29.9 Å². The number of ether oxygens (including phenoxy) is 2. The first kappa shape index (κ1) is 24.3. The van der Waals surface area contributed by atoms with Crippen LogP contribution in [0.3, 0.4) is 0 Å². The van der Waals surface area contributed by atoms with Gasteiger partial charge in [0.2, 0.25) is 0 Å². The van der Waals surface area contributed by atoms with Gasteiger partial charge < -0.3 is 23.8 Å². The van der Waals surface area contributed by atoms with Crippen molar-refractivity contribution in [2.75, 3.05) is 54.5 Å². The van der Waals surface area contributed by atoms with Gasteiger partial charge in [-0.25, -0.2) is 0 Å². The minimum absolute atomic E-state index is 0. The number of rotatable bonds is 11. The van der Waals surface area contributed by atoms with Gasteiger partial charge in [0.1, 0.15) is 11.5 Å². The highest BCUT2D eigenvalue weighted by atomic mass is 35.5. The number of aryl methyl sites for hydroxylation is 1. The maximum Gasteiger partial charge on any atom is 0.120 e. The van der Waals surface area contributed by atoms with Crippen molar-refractivity contribution in [3.63, 3.8) is 0 Å². The summed E-state index contributed by atoms with van der Waals surface area (Å²) in [6.45, 7) is 6.66. The highest BCUT2D eigenvalue weighted by molar-refractivity contribution is 6.09. The van der Waals surface area contributed by atoms with Crippen molar-refractivity contribution < 1.29 is 9.47 Å². The first-order valence-corrected chi connectivity index (χ1v) is 10.6. The molecule has 0 aliphatic rings. The molecule has 0 saturated heterocycles. The molecule has 166 valence electrons. The van der Waals surface area contributed by atoms with Gasteiger partial charge in [-0.3, -0.25) is 0 Å². The molecule has 0 radical (unpaired) electrons. The maximum absolute atomic E-state index is 6.02. The fourth-order valence-corrected chi connectivity index (χ4v) is 3.72. The molecule has 0 amide bonds. The van der Waals surface area contributed by atoms with Gasteiger partial charge in [0.25, 0.3) is 0 Å². The highest BCUT2D eigenvalue weighted by Crippen LogP contribution is 2.34. The molecule has 0 saturated carbocycles. The Labute approximate surface area is 186 Å². The normalized spacial score (nSPS) is 11.4. The second-order valence-electron chi connectivity index (χ2n) is 8.11. The Bertz CT molecular complexity index is 864.